The van der Waals surface area contributed by atoms with E-state index in [2.05, 4.69) is 22.5 Å². The van der Waals surface area contributed by atoms with E-state index in [1.54, 1.807) is 12.3 Å². The number of aromatic nitrogens is 1. The number of hydrogen-bond donors (Lipinski definition) is 2. The predicted molar refractivity (Wildman–Crippen MR) is 65.0 cm³/mol. The van der Waals surface area contributed by atoms with Crippen molar-refractivity contribution in [1.29, 1.82) is 0 Å². The van der Waals surface area contributed by atoms with Gasteiger partial charge in [0.15, 0.2) is 0 Å². The van der Waals surface area contributed by atoms with Gasteiger partial charge in [-0.2, -0.15) is 0 Å². The Morgan fingerprint density at radius 1 is 1.53 bits per heavy atom. The third kappa shape index (κ3) is 2.71. The Labute approximate surface area is 99.6 Å². The number of piperidine rings is 1. The van der Waals surface area contributed by atoms with Crippen LogP contribution in [0.3, 0.4) is 0 Å². The highest BCUT2D eigenvalue weighted by Crippen LogP contribution is 2.28. The molecule has 1 aliphatic rings. The van der Waals surface area contributed by atoms with Gasteiger partial charge in [-0.05, 0) is 38.9 Å². The number of nitro groups is 1. The van der Waals surface area contributed by atoms with Crippen molar-refractivity contribution < 1.29 is 4.92 Å². The van der Waals surface area contributed by atoms with Gasteiger partial charge in [-0.25, -0.2) is 4.98 Å². The van der Waals surface area contributed by atoms with Gasteiger partial charge in [0.05, 0.1) is 4.92 Å². The molecule has 0 atom stereocenters. The van der Waals surface area contributed by atoms with Crippen LogP contribution in [-0.4, -0.2) is 28.5 Å². The first kappa shape index (κ1) is 11.8. The van der Waals surface area contributed by atoms with E-state index < -0.39 is 4.92 Å². The van der Waals surface area contributed by atoms with E-state index in [1.165, 1.54) is 6.07 Å². The lowest BCUT2D eigenvalue weighted by Gasteiger charge is -2.35. The number of anilines is 1. The minimum absolute atomic E-state index is 0.0345. The summed E-state index contributed by atoms with van der Waals surface area (Å²) in [4.78, 5) is 14.5. The predicted octanol–water partition coefficient (Wildman–Crippen LogP) is 1.54. The summed E-state index contributed by atoms with van der Waals surface area (Å²) in [5, 5.41) is 17.4. The van der Waals surface area contributed by atoms with Gasteiger partial charge in [-0.3, -0.25) is 10.1 Å². The molecular weight excluding hydrogens is 220 g/mol. The summed E-state index contributed by atoms with van der Waals surface area (Å²) in [6, 6.07) is 3.05. The molecular formula is C11H16N4O2. The third-order valence-corrected chi connectivity index (χ3v) is 3.11. The quantitative estimate of drug-likeness (QED) is 0.614. The van der Waals surface area contributed by atoms with Gasteiger partial charge >= 0.3 is 5.69 Å². The Balaban J connectivity index is 2.20. The molecule has 1 aromatic rings. The first-order valence-corrected chi connectivity index (χ1v) is 5.69. The van der Waals surface area contributed by atoms with Crippen molar-refractivity contribution in [2.45, 2.75) is 25.3 Å². The zero-order valence-corrected chi connectivity index (χ0v) is 9.77. The fraction of sp³-hybridized carbons (Fsp3) is 0.545. The van der Waals surface area contributed by atoms with Crippen LogP contribution in [0.1, 0.15) is 19.8 Å². The average Bonchev–Trinajstić information content (AvgIpc) is 2.29. The molecule has 2 heterocycles. The second kappa shape index (κ2) is 4.67. The molecule has 0 unspecified atom stereocenters. The van der Waals surface area contributed by atoms with Gasteiger partial charge in [0.1, 0.15) is 0 Å². The van der Waals surface area contributed by atoms with E-state index >= 15 is 0 Å². The van der Waals surface area contributed by atoms with Crippen LogP contribution in [0, 0.1) is 10.1 Å². The summed E-state index contributed by atoms with van der Waals surface area (Å²) in [5.41, 5.74) is -0.0862. The number of hydrogen-bond acceptors (Lipinski definition) is 5. The Morgan fingerprint density at radius 3 is 2.88 bits per heavy atom. The molecule has 6 nitrogen and oxygen atoms in total. The lowest BCUT2D eigenvalue weighted by molar-refractivity contribution is -0.384. The Hall–Kier alpha value is -1.69. The van der Waals surface area contributed by atoms with Crippen LogP contribution in [-0.2, 0) is 0 Å². The number of nitrogens with one attached hydrogen (secondary N) is 2. The van der Waals surface area contributed by atoms with Crippen molar-refractivity contribution in [2.24, 2.45) is 0 Å². The van der Waals surface area contributed by atoms with Crippen LogP contribution >= 0.6 is 0 Å². The zero-order valence-electron chi connectivity index (χ0n) is 9.77. The van der Waals surface area contributed by atoms with Gasteiger partial charge in [-0.15, -0.1) is 0 Å². The molecule has 6 heteroatoms. The highest BCUT2D eigenvalue weighted by Gasteiger charge is 2.29. The SMILES string of the molecule is CC1(Nc2ncccc2[N+](=O)[O-])CCNCC1. The molecule has 17 heavy (non-hydrogen) atoms. The molecule has 1 aliphatic heterocycles. The first-order chi connectivity index (χ1) is 8.11. The molecule has 1 saturated heterocycles. The van der Waals surface area contributed by atoms with Crippen molar-refractivity contribution in [1.82, 2.24) is 10.3 Å². The number of nitrogens with zero attached hydrogens (tertiary/aromatic N) is 2. The topological polar surface area (TPSA) is 80.1 Å². The molecule has 1 aromatic heterocycles. The van der Waals surface area contributed by atoms with Gasteiger partial charge < -0.3 is 10.6 Å². The van der Waals surface area contributed by atoms with E-state index in [-0.39, 0.29) is 11.2 Å². The lowest BCUT2D eigenvalue weighted by atomic mass is 9.90. The maximum atomic E-state index is 10.9. The molecule has 2 N–H and O–H groups in total. The van der Waals surface area contributed by atoms with E-state index in [9.17, 15) is 10.1 Å². The standard InChI is InChI=1S/C11H16N4O2/c1-11(4-7-12-8-5-11)14-10-9(15(16)17)3-2-6-13-10/h2-3,6,12H,4-5,7-8H2,1H3,(H,13,14). The number of rotatable bonds is 3. The van der Waals surface area contributed by atoms with Crippen LogP contribution in [0.5, 0.6) is 0 Å². The summed E-state index contributed by atoms with van der Waals surface area (Å²) < 4.78 is 0. The molecule has 92 valence electrons. The monoisotopic (exact) mass is 236 g/mol. The second-order valence-electron chi connectivity index (χ2n) is 4.56. The van der Waals surface area contributed by atoms with Gasteiger partial charge in [-0.1, -0.05) is 0 Å². The van der Waals surface area contributed by atoms with Crippen LogP contribution in [0.2, 0.25) is 0 Å². The largest absolute Gasteiger partial charge is 0.359 e. The molecule has 0 bridgehead atoms. The first-order valence-electron chi connectivity index (χ1n) is 5.69. The van der Waals surface area contributed by atoms with Crippen molar-refractivity contribution in [2.75, 3.05) is 18.4 Å². The number of pyridine rings is 1. The minimum atomic E-state index is -0.403. The molecule has 0 spiro atoms. The van der Waals surface area contributed by atoms with Crippen molar-refractivity contribution in [3.8, 4) is 0 Å². The normalized spacial score (nSPS) is 18.6. The van der Waals surface area contributed by atoms with E-state index in [4.69, 9.17) is 0 Å². The van der Waals surface area contributed by atoms with Crippen molar-refractivity contribution in [3.05, 3.63) is 28.4 Å². The molecule has 0 radical (unpaired) electrons. The highest BCUT2D eigenvalue weighted by molar-refractivity contribution is 5.56. The maximum absolute atomic E-state index is 10.9. The average molecular weight is 236 g/mol. The fourth-order valence-corrected chi connectivity index (χ4v) is 2.03. The van der Waals surface area contributed by atoms with Crippen LogP contribution in [0.25, 0.3) is 0 Å². The summed E-state index contributed by atoms with van der Waals surface area (Å²) in [5.74, 6) is 0.363. The van der Waals surface area contributed by atoms with Crippen LogP contribution in [0.15, 0.2) is 18.3 Å². The van der Waals surface area contributed by atoms with Gasteiger partial charge in [0.2, 0.25) is 5.82 Å². The zero-order chi connectivity index (χ0) is 12.3. The van der Waals surface area contributed by atoms with E-state index in [0.717, 1.165) is 25.9 Å². The Morgan fingerprint density at radius 2 is 2.24 bits per heavy atom. The fourth-order valence-electron chi connectivity index (χ4n) is 2.03. The smallest absolute Gasteiger partial charge is 0.311 e. The molecule has 0 aromatic carbocycles. The Kier molecular flexibility index (Phi) is 3.23. The van der Waals surface area contributed by atoms with E-state index in [0.29, 0.717) is 5.82 Å². The summed E-state index contributed by atoms with van der Waals surface area (Å²) in [6.07, 6.45) is 3.43. The Bertz CT molecular complexity index is 416. The summed E-state index contributed by atoms with van der Waals surface area (Å²) >= 11 is 0. The minimum Gasteiger partial charge on any atom is -0.359 e. The molecule has 0 saturated carbocycles. The molecule has 1 fully saturated rings. The second-order valence-corrected chi connectivity index (χ2v) is 4.56. The van der Waals surface area contributed by atoms with Crippen molar-refractivity contribution >= 4 is 11.5 Å². The maximum Gasteiger partial charge on any atom is 0.311 e. The van der Waals surface area contributed by atoms with Crippen molar-refractivity contribution in [3.63, 3.8) is 0 Å². The third-order valence-electron chi connectivity index (χ3n) is 3.11. The van der Waals surface area contributed by atoms with E-state index in [1.807, 2.05) is 0 Å². The van der Waals surface area contributed by atoms with Crippen LogP contribution in [0.4, 0.5) is 11.5 Å². The summed E-state index contributed by atoms with van der Waals surface area (Å²) in [6.45, 7) is 3.92. The molecule has 0 aliphatic carbocycles. The summed E-state index contributed by atoms with van der Waals surface area (Å²) in [7, 11) is 0. The highest BCUT2D eigenvalue weighted by atomic mass is 16.6. The van der Waals surface area contributed by atoms with Gasteiger partial charge in [0.25, 0.3) is 0 Å². The lowest BCUT2D eigenvalue weighted by Crippen LogP contribution is -2.45. The molecule has 0 amide bonds. The van der Waals surface area contributed by atoms with Gasteiger partial charge in [0, 0.05) is 17.8 Å². The molecule has 2 rings (SSSR count). The van der Waals surface area contributed by atoms with Crippen LogP contribution < -0.4 is 10.6 Å².